The average molecular weight is 531 g/mol. The van der Waals surface area contributed by atoms with Crippen molar-refractivity contribution in [3.8, 4) is 0 Å². The number of unbranched alkanes of at least 4 members (excludes halogenated alkanes) is 2. The minimum atomic E-state index is 0. The van der Waals surface area contributed by atoms with E-state index in [1.807, 2.05) is 18.1 Å². The fourth-order valence-electron chi connectivity index (χ4n) is 4.09. The monoisotopic (exact) mass is 531 g/mol. The first-order valence-electron chi connectivity index (χ1n) is 11.2. The Hall–Kier alpha value is -1.36. The molecule has 0 atom stereocenters. The molecule has 170 valence electrons. The van der Waals surface area contributed by atoms with Crippen molar-refractivity contribution in [3.05, 3.63) is 12.4 Å². The smallest absolute Gasteiger partial charge is 0.246 e. The largest absolute Gasteiger partial charge is 0.357 e. The lowest BCUT2D eigenvalue weighted by Gasteiger charge is -2.35. The molecule has 0 aliphatic carbocycles. The maximum atomic E-state index is 12.6. The molecule has 1 amide bonds. The van der Waals surface area contributed by atoms with E-state index in [4.69, 9.17) is 4.99 Å². The van der Waals surface area contributed by atoms with E-state index in [1.54, 1.807) is 10.9 Å². The van der Waals surface area contributed by atoms with Gasteiger partial charge in [-0.15, -0.1) is 24.0 Å². The number of aliphatic imine (C=N–C) groups is 1. The number of nitrogens with one attached hydrogen (secondary N) is 1. The number of halogens is 1. The molecule has 9 heteroatoms. The van der Waals surface area contributed by atoms with Gasteiger partial charge in [0.05, 0.1) is 11.9 Å². The van der Waals surface area contributed by atoms with Crippen molar-refractivity contribution in [1.29, 1.82) is 0 Å². The van der Waals surface area contributed by atoms with Crippen LogP contribution >= 0.6 is 24.0 Å². The van der Waals surface area contributed by atoms with Gasteiger partial charge < -0.3 is 20.0 Å². The number of amides is 1. The van der Waals surface area contributed by atoms with Crippen LogP contribution in [0, 0.1) is 0 Å². The Balaban J connectivity index is 0.00000320. The van der Waals surface area contributed by atoms with Gasteiger partial charge in [-0.25, -0.2) is 0 Å². The van der Waals surface area contributed by atoms with Crippen LogP contribution in [0.25, 0.3) is 0 Å². The molecule has 0 radical (unpaired) electrons. The van der Waals surface area contributed by atoms with Crippen LogP contribution in [0.2, 0.25) is 0 Å². The summed E-state index contributed by atoms with van der Waals surface area (Å²) in [5, 5.41) is 7.53. The average Bonchev–Trinajstić information content (AvgIpc) is 3.16. The summed E-state index contributed by atoms with van der Waals surface area (Å²) in [6.07, 6.45) is 11.3. The number of likely N-dealkylation sites (tertiary alicyclic amines) is 1. The summed E-state index contributed by atoms with van der Waals surface area (Å²) >= 11 is 0. The number of carbonyl (C=O) groups excluding carboxylic acids is 1. The summed E-state index contributed by atoms with van der Waals surface area (Å²) < 4.78 is 1.73. The molecular weight excluding hydrogens is 493 g/mol. The normalized spacial score (nSPS) is 18.5. The maximum Gasteiger partial charge on any atom is 0.246 e. The molecule has 3 heterocycles. The van der Waals surface area contributed by atoms with Gasteiger partial charge in [-0.05, 0) is 52.2 Å². The summed E-state index contributed by atoms with van der Waals surface area (Å²) in [5.74, 6) is 0.958. The second kappa shape index (κ2) is 13.1. The van der Waals surface area contributed by atoms with E-state index in [9.17, 15) is 4.79 Å². The molecule has 1 aromatic rings. The summed E-state index contributed by atoms with van der Waals surface area (Å²) in [7, 11) is 1.87. The summed E-state index contributed by atoms with van der Waals surface area (Å²) in [6.45, 7) is 9.28. The lowest BCUT2D eigenvalue weighted by atomic mass is 10.1. The molecule has 0 bridgehead atoms. The fourth-order valence-corrected chi connectivity index (χ4v) is 4.09. The molecule has 2 fully saturated rings. The van der Waals surface area contributed by atoms with Gasteiger partial charge in [0.15, 0.2) is 5.96 Å². The van der Waals surface area contributed by atoms with Gasteiger partial charge in [-0.1, -0.05) is 12.8 Å². The zero-order valence-corrected chi connectivity index (χ0v) is 20.9. The molecule has 0 aromatic carbocycles. The molecule has 0 spiro atoms. The number of aromatic nitrogens is 2. The SMILES string of the molecule is CCNC(=NCCCCCN1CCCCC1)N1CCN(c2cnn(C)c2)C(=O)C1.I. The Labute approximate surface area is 198 Å². The van der Waals surface area contributed by atoms with Crippen molar-refractivity contribution in [2.45, 2.75) is 45.4 Å². The van der Waals surface area contributed by atoms with Crippen LogP contribution in [-0.2, 0) is 11.8 Å². The molecule has 0 saturated carbocycles. The number of rotatable bonds is 8. The van der Waals surface area contributed by atoms with Gasteiger partial charge in [0.1, 0.15) is 6.54 Å². The molecular formula is C21H38IN7O. The van der Waals surface area contributed by atoms with Crippen LogP contribution in [0.4, 0.5) is 5.69 Å². The summed E-state index contributed by atoms with van der Waals surface area (Å²) in [5.41, 5.74) is 0.868. The van der Waals surface area contributed by atoms with Crippen molar-refractivity contribution in [2.75, 3.05) is 57.3 Å². The number of anilines is 1. The van der Waals surface area contributed by atoms with Crippen molar-refractivity contribution >= 4 is 41.5 Å². The zero-order chi connectivity index (χ0) is 20.5. The lowest BCUT2D eigenvalue weighted by molar-refractivity contribution is -0.120. The highest BCUT2D eigenvalue weighted by Crippen LogP contribution is 2.16. The predicted octanol–water partition coefficient (Wildman–Crippen LogP) is 2.31. The van der Waals surface area contributed by atoms with Crippen LogP contribution in [-0.4, -0.2) is 83.8 Å². The van der Waals surface area contributed by atoms with Crippen LogP contribution in [0.15, 0.2) is 17.4 Å². The molecule has 3 rings (SSSR count). The number of hydrogen-bond acceptors (Lipinski definition) is 4. The summed E-state index contributed by atoms with van der Waals surface area (Å²) in [6, 6.07) is 0. The van der Waals surface area contributed by atoms with Crippen molar-refractivity contribution < 1.29 is 4.79 Å². The van der Waals surface area contributed by atoms with Gasteiger partial charge >= 0.3 is 0 Å². The Kier molecular flexibility index (Phi) is 10.9. The molecule has 2 aliphatic heterocycles. The molecule has 2 saturated heterocycles. The number of aryl methyl sites for hydroxylation is 1. The second-order valence-corrected chi connectivity index (χ2v) is 8.04. The number of carbonyl (C=O) groups is 1. The van der Waals surface area contributed by atoms with E-state index in [2.05, 4.69) is 27.1 Å². The third-order valence-electron chi connectivity index (χ3n) is 5.70. The molecule has 1 N–H and O–H groups in total. The van der Waals surface area contributed by atoms with Crippen molar-refractivity contribution in [3.63, 3.8) is 0 Å². The van der Waals surface area contributed by atoms with Crippen LogP contribution in [0.5, 0.6) is 0 Å². The van der Waals surface area contributed by atoms with E-state index < -0.39 is 0 Å². The molecule has 30 heavy (non-hydrogen) atoms. The Morgan fingerprint density at radius 2 is 1.93 bits per heavy atom. The number of piperazine rings is 1. The van der Waals surface area contributed by atoms with Gasteiger partial charge in [-0.2, -0.15) is 5.10 Å². The second-order valence-electron chi connectivity index (χ2n) is 8.04. The van der Waals surface area contributed by atoms with Gasteiger partial charge in [0.25, 0.3) is 0 Å². The first kappa shape index (κ1) is 24.9. The number of guanidine groups is 1. The Morgan fingerprint density at radius 3 is 2.60 bits per heavy atom. The highest BCUT2D eigenvalue weighted by atomic mass is 127. The van der Waals surface area contributed by atoms with E-state index in [0.717, 1.165) is 37.7 Å². The molecule has 1 aromatic heterocycles. The van der Waals surface area contributed by atoms with E-state index in [-0.39, 0.29) is 29.9 Å². The van der Waals surface area contributed by atoms with E-state index >= 15 is 0 Å². The van der Waals surface area contributed by atoms with E-state index in [1.165, 1.54) is 51.7 Å². The minimum absolute atomic E-state index is 0. The van der Waals surface area contributed by atoms with Gasteiger partial charge in [0, 0.05) is 39.4 Å². The highest BCUT2D eigenvalue weighted by molar-refractivity contribution is 14.0. The van der Waals surface area contributed by atoms with Crippen LogP contribution in [0.1, 0.15) is 45.4 Å². The number of piperidine rings is 1. The first-order valence-corrected chi connectivity index (χ1v) is 11.2. The third-order valence-corrected chi connectivity index (χ3v) is 5.70. The Bertz CT molecular complexity index is 672. The topological polar surface area (TPSA) is 69.0 Å². The lowest BCUT2D eigenvalue weighted by Crippen LogP contribution is -2.55. The number of nitrogens with zero attached hydrogens (tertiary/aromatic N) is 6. The predicted molar refractivity (Wildman–Crippen MR) is 133 cm³/mol. The molecule has 2 aliphatic rings. The standard InChI is InChI=1S/C21H37N7O.HI/c1-3-22-21(23-10-6-4-7-11-26-12-8-5-9-13-26)27-14-15-28(20(29)18-27)19-16-24-25(2)17-19;/h16-17H,3-15,18H2,1-2H3,(H,22,23);1H. The van der Waals surface area contributed by atoms with Gasteiger partial charge in [0.2, 0.25) is 5.91 Å². The van der Waals surface area contributed by atoms with Gasteiger partial charge in [-0.3, -0.25) is 14.5 Å². The van der Waals surface area contributed by atoms with Crippen LogP contribution in [0.3, 0.4) is 0 Å². The third kappa shape index (κ3) is 7.40. The van der Waals surface area contributed by atoms with Crippen molar-refractivity contribution in [2.24, 2.45) is 12.0 Å². The highest BCUT2D eigenvalue weighted by Gasteiger charge is 2.27. The maximum absolute atomic E-state index is 12.6. The minimum Gasteiger partial charge on any atom is -0.357 e. The first-order chi connectivity index (χ1) is 14.2. The fraction of sp³-hybridized carbons (Fsp3) is 0.762. The van der Waals surface area contributed by atoms with E-state index in [0.29, 0.717) is 13.1 Å². The number of hydrogen-bond donors (Lipinski definition) is 1. The summed E-state index contributed by atoms with van der Waals surface area (Å²) in [4.78, 5) is 23.9. The Morgan fingerprint density at radius 1 is 1.13 bits per heavy atom. The quantitative estimate of drug-likeness (QED) is 0.242. The molecule has 0 unspecified atom stereocenters. The molecule has 8 nitrogen and oxygen atoms in total. The van der Waals surface area contributed by atoms with Crippen LogP contribution < -0.4 is 10.2 Å². The van der Waals surface area contributed by atoms with Crippen molar-refractivity contribution in [1.82, 2.24) is 24.9 Å². The zero-order valence-electron chi connectivity index (χ0n) is 18.6.